The summed E-state index contributed by atoms with van der Waals surface area (Å²) in [5, 5.41) is 4.58. The number of carbonyl (C=O) groups excluding carboxylic acids is 1. The van der Waals surface area contributed by atoms with Crippen molar-refractivity contribution in [1.29, 1.82) is 0 Å². The lowest BCUT2D eigenvalue weighted by Crippen LogP contribution is -2.45. The van der Waals surface area contributed by atoms with Crippen LogP contribution in [0.4, 0.5) is 10.1 Å². The molecule has 0 aliphatic carbocycles. The first-order valence-electron chi connectivity index (χ1n) is 8.85. The Balaban J connectivity index is 1.80. The van der Waals surface area contributed by atoms with Gasteiger partial charge in [0.15, 0.2) is 0 Å². The topological polar surface area (TPSA) is 44.7 Å². The van der Waals surface area contributed by atoms with Gasteiger partial charge in [-0.15, -0.1) is 0 Å². The molecule has 1 aliphatic rings. The van der Waals surface area contributed by atoms with Gasteiger partial charge in [0, 0.05) is 29.4 Å². The molecular formula is C21H23ClFN3O. The molecule has 1 unspecified atom stereocenters. The Hall–Kier alpha value is -2.40. The zero-order valence-electron chi connectivity index (χ0n) is 15.9. The molecule has 0 saturated heterocycles. The minimum atomic E-state index is -0.407. The fourth-order valence-electron chi connectivity index (χ4n) is 3.53. The highest BCUT2D eigenvalue weighted by molar-refractivity contribution is 6.33. The minimum absolute atomic E-state index is 0.0640. The van der Waals surface area contributed by atoms with E-state index < -0.39 is 11.7 Å². The Morgan fingerprint density at radius 2 is 2.00 bits per heavy atom. The maximum absolute atomic E-state index is 12.9. The number of nitrogens with one attached hydrogen (secondary N) is 1. The van der Waals surface area contributed by atoms with Crippen LogP contribution in [0, 0.1) is 5.82 Å². The van der Waals surface area contributed by atoms with Crippen LogP contribution in [0.1, 0.15) is 54.6 Å². The highest BCUT2D eigenvalue weighted by Gasteiger charge is 2.34. The normalized spacial score (nSPS) is 18.4. The van der Waals surface area contributed by atoms with Crippen LogP contribution in [0.5, 0.6) is 0 Å². The van der Waals surface area contributed by atoms with Crippen molar-refractivity contribution in [3.8, 4) is 0 Å². The van der Waals surface area contributed by atoms with Crippen LogP contribution < -0.4 is 10.3 Å². The Morgan fingerprint density at radius 3 is 2.67 bits per heavy atom. The van der Waals surface area contributed by atoms with Crippen molar-refractivity contribution in [2.75, 3.05) is 11.9 Å². The van der Waals surface area contributed by atoms with Gasteiger partial charge in [-0.3, -0.25) is 4.79 Å². The fourth-order valence-corrected chi connectivity index (χ4v) is 3.74. The van der Waals surface area contributed by atoms with Gasteiger partial charge in [0.1, 0.15) is 5.82 Å². The number of amides is 1. The summed E-state index contributed by atoms with van der Waals surface area (Å²) in [5.41, 5.74) is 5.93. The molecule has 3 rings (SSSR count). The molecule has 2 aromatic rings. The first-order chi connectivity index (χ1) is 12.7. The number of benzene rings is 2. The number of anilines is 1. The van der Waals surface area contributed by atoms with Gasteiger partial charge in [0.2, 0.25) is 0 Å². The zero-order valence-corrected chi connectivity index (χ0v) is 16.6. The van der Waals surface area contributed by atoms with Gasteiger partial charge in [0.25, 0.3) is 5.91 Å². The van der Waals surface area contributed by atoms with Crippen molar-refractivity contribution in [2.24, 2.45) is 5.10 Å². The molecule has 1 aliphatic heterocycles. The lowest BCUT2D eigenvalue weighted by molar-refractivity contribution is 0.0955. The third kappa shape index (κ3) is 3.98. The number of halogens is 2. The highest BCUT2D eigenvalue weighted by atomic mass is 35.5. The Bertz CT molecular complexity index is 893. The number of carbonyl (C=O) groups is 1. The van der Waals surface area contributed by atoms with E-state index in [0.717, 1.165) is 17.7 Å². The molecule has 1 N–H and O–H groups in total. The molecule has 1 amide bonds. The number of hydrogen-bond acceptors (Lipinski definition) is 3. The zero-order chi connectivity index (χ0) is 19.8. The summed E-state index contributed by atoms with van der Waals surface area (Å²) in [4.78, 5) is 14.3. The third-order valence-corrected chi connectivity index (χ3v) is 5.56. The average molecular weight is 388 g/mol. The van der Waals surface area contributed by atoms with E-state index >= 15 is 0 Å². The van der Waals surface area contributed by atoms with E-state index in [1.807, 2.05) is 12.1 Å². The van der Waals surface area contributed by atoms with Crippen molar-refractivity contribution >= 4 is 29.4 Å². The molecule has 1 atom stereocenters. The number of hydrogen-bond donors (Lipinski definition) is 1. The van der Waals surface area contributed by atoms with Gasteiger partial charge in [-0.25, -0.2) is 9.82 Å². The van der Waals surface area contributed by atoms with Crippen LogP contribution in [0.3, 0.4) is 0 Å². The van der Waals surface area contributed by atoms with Gasteiger partial charge >= 0.3 is 0 Å². The highest BCUT2D eigenvalue weighted by Crippen LogP contribution is 2.44. The summed E-state index contributed by atoms with van der Waals surface area (Å²) in [6.07, 6.45) is 2.58. The molecular weight excluding hydrogens is 365 g/mol. The maximum atomic E-state index is 12.9. The summed E-state index contributed by atoms with van der Waals surface area (Å²) in [5.74, 6) is -0.405. The van der Waals surface area contributed by atoms with E-state index in [4.69, 9.17) is 11.6 Å². The second-order valence-corrected chi connectivity index (χ2v) is 8.02. The number of rotatable bonds is 3. The second-order valence-electron chi connectivity index (χ2n) is 7.62. The molecule has 4 nitrogen and oxygen atoms in total. The van der Waals surface area contributed by atoms with Gasteiger partial charge in [-0.1, -0.05) is 18.5 Å². The van der Waals surface area contributed by atoms with Crippen molar-refractivity contribution in [3.63, 3.8) is 0 Å². The van der Waals surface area contributed by atoms with E-state index in [2.05, 4.69) is 43.2 Å². The van der Waals surface area contributed by atoms with E-state index in [1.54, 1.807) is 0 Å². The van der Waals surface area contributed by atoms with E-state index in [9.17, 15) is 9.18 Å². The summed E-state index contributed by atoms with van der Waals surface area (Å²) in [7, 11) is 2.08. The molecule has 0 bridgehead atoms. The van der Waals surface area contributed by atoms with Crippen molar-refractivity contribution in [3.05, 3.63) is 63.9 Å². The first kappa shape index (κ1) is 19.4. The lowest BCUT2D eigenvalue weighted by Gasteiger charge is -2.45. The van der Waals surface area contributed by atoms with Crippen molar-refractivity contribution in [2.45, 2.75) is 38.6 Å². The number of hydrazone groups is 1. The van der Waals surface area contributed by atoms with E-state index in [-0.39, 0.29) is 5.54 Å². The third-order valence-electron chi connectivity index (χ3n) is 5.23. The predicted molar refractivity (Wildman–Crippen MR) is 108 cm³/mol. The van der Waals surface area contributed by atoms with Crippen LogP contribution in [0.2, 0.25) is 5.02 Å². The van der Waals surface area contributed by atoms with Crippen molar-refractivity contribution < 1.29 is 9.18 Å². The Kier molecular flexibility index (Phi) is 5.24. The van der Waals surface area contributed by atoms with Crippen LogP contribution >= 0.6 is 11.6 Å². The molecule has 0 radical (unpaired) electrons. The van der Waals surface area contributed by atoms with Gasteiger partial charge in [-0.2, -0.15) is 5.10 Å². The molecule has 0 spiro atoms. The van der Waals surface area contributed by atoms with E-state index in [0.29, 0.717) is 16.5 Å². The molecule has 0 aromatic heterocycles. The van der Waals surface area contributed by atoms with Crippen LogP contribution in [0.25, 0.3) is 0 Å². The van der Waals surface area contributed by atoms with E-state index in [1.165, 1.54) is 36.0 Å². The monoisotopic (exact) mass is 387 g/mol. The Labute approximate surface area is 164 Å². The number of nitrogens with zero attached hydrogens (tertiary/aromatic N) is 2. The minimum Gasteiger partial charge on any atom is -0.369 e. The number of fused-ring (bicyclic) bond motifs is 1. The summed E-state index contributed by atoms with van der Waals surface area (Å²) in [6, 6.07) is 9.27. The molecule has 2 aromatic carbocycles. The van der Waals surface area contributed by atoms with Gasteiger partial charge in [-0.05, 0) is 68.1 Å². The molecule has 27 heavy (non-hydrogen) atoms. The van der Waals surface area contributed by atoms with Crippen LogP contribution in [-0.4, -0.2) is 24.7 Å². The standard InChI is InChI=1S/C21H23ClFN3O/c1-13-11-21(2,3)26(4)19-10-18(22)15(9-17(13)19)12-24-25-20(27)14-5-7-16(23)8-6-14/h5-10,12-13H,11H2,1-4H3,(H,25,27)/b24-12-. The predicted octanol–water partition coefficient (Wildman–Crippen LogP) is 4.97. The largest absolute Gasteiger partial charge is 0.369 e. The second kappa shape index (κ2) is 7.31. The van der Waals surface area contributed by atoms with Crippen molar-refractivity contribution in [1.82, 2.24) is 5.43 Å². The molecule has 1 heterocycles. The fraction of sp³-hybridized carbons (Fsp3) is 0.333. The lowest BCUT2D eigenvalue weighted by atomic mass is 9.80. The van der Waals surface area contributed by atoms with Crippen LogP contribution in [-0.2, 0) is 0 Å². The molecule has 0 fully saturated rings. The quantitative estimate of drug-likeness (QED) is 0.597. The summed E-state index contributed by atoms with van der Waals surface area (Å²) >= 11 is 6.44. The summed E-state index contributed by atoms with van der Waals surface area (Å²) < 4.78 is 12.9. The Morgan fingerprint density at radius 1 is 1.33 bits per heavy atom. The molecule has 0 saturated carbocycles. The molecule has 142 valence electrons. The smallest absolute Gasteiger partial charge is 0.271 e. The molecule has 6 heteroatoms. The average Bonchev–Trinajstić information content (AvgIpc) is 2.61. The summed E-state index contributed by atoms with van der Waals surface area (Å²) in [6.45, 7) is 6.65. The van der Waals surface area contributed by atoms with Crippen LogP contribution in [0.15, 0.2) is 41.5 Å². The first-order valence-corrected chi connectivity index (χ1v) is 9.23. The van der Waals surface area contributed by atoms with Gasteiger partial charge < -0.3 is 4.90 Å². The SMILES string of the molecule is CC1CC(C)(C)N(C)c2cc(Cl)c(/C=N\NC(=O)c3ccc(F)cc3)cc21. The maximum Gasteiger partial charge on any atom is 0.271 e. The van der Waals surface area contributed by atoms with Gasteiger partial charge in [0.05, 0.1) is 11.2 Å².